The molecule has 2 rings (SSSR count). The summed E-state index contributed by atoms with van der Waals surface area (Å²) in [6, 6.07) is 1.45. The minimum atomic E-state index is -0.223. The van der Waals surface area contributed by atoms with Gasteiger partial charge in [-0.3, -0.25) is 5.10 Å². The van der Waals surface area contributed by atoms with Crippen LogP contribution in [0.5, 0.6) is 0 Å². The van der Waals surface area contributed by atoms with Crippen LogP contribution in [0, 0.1) is 12.7 Å². The zero-order valence-electron chi connectivity index (χ0n) is 8.36. The quantitative estimate of drug-likeness (QED) is 0.765. The molecule has 14 heavy (non-hydrogen) atoms. The van der Waals surface area contributed by atoms with Crippen molar-refractivity contribution >= 4 is 26.8 Å². The minimum absolute atomic E-state index is 0.223. The Morgan fingerprint density at radius 2 is 2.07 bits per heavy atom. The van der Waals surface area contributed by atoms with Gasteiger partial charge in [0.1, 0.15) is 5.82 Å². The summed E-state index contributed by atoms with van der Waals surface area (Å²) in [5, 5.41) is 7.44. The first kappa shape index (κ1) is 11.2. The van der Waals surface area contributed by atoms with Crippen LogP contribution in [0.1, 0.15) is 19.4 Å². The maximum absolute atomic E-state index is 13.1. The second kappa shape index (κ2) is 4.55. The Kier molecular flexibility index (Phi) is 3.63. The third-order valence-electron chi connectivity index (χ3n) is 1.86. The van der Waals surface area contributed by atoms with Crippen molar-refractivity contribution in [3.63, 3.8) is 0 Å². The molecule has 1 aromatic carbocycles. The Morgan fingerprint density at radius 1 is 1.43 bits per heavy atom. The maximum Gasteiger partial charge on any atom is 0.129 e. The van der Waals surface area contributed by atoms with E-state index < -0.39 is 0 Å². The van der Waals surface area contributed by atoms with Gasteiger partial charge in [-0.05, 0) is 34.5 Å². The third-order valence-corrected chi connectivity index (χ3v) is 2.89. The Balaban J connectivity index is 0.000000461. The van der Waals surface area contributed by atoms with Gasteiger partial charge >= 0.3 is 0 Å². The average molecular weight is 259 g/mol. The van der Waals surface area contributed by atoms with Crippen molar-refractivity contribution in [3.8, 4) is 0 Å². The molecule has 1 heterocycles. The summed E-state index contributed by atoms with van der Waals surface area (Å²) in [5.74, 6) is -0.223. The van der Waals surface area contributed by atoms with Crippen molar-refractivity contribution in [2.45, 2.75) is 20.8 Å². The second-order valence-corrected chi connectivity index (χ2v) is 3.42. The highest BCUT2D eigenvalue weighted by molar-refractivity contribution is 9.10. The van der Waals surface area contributed by atoms with Crippen molar-refractivity contribution < 1.29 is 4.39 Å². The van der Waals surface area contributed by atoms with Gasteiger partial charge in [0.25, 0.3) is 0 Å². The molecule has 0 aliphatic heterocycles. The molecular formula is C10H12BrFN2. The molecule has 0 spiro atoms. The maximum atomic E-state index is 13.1. The number of H-pyrrole nitrogens is 1. The molecule has 1 N–H and O–H groups in total. The van der Waals surface area contributed by atoms with E-state index in [0.29, 0.717) is 11.1 Å². The molecule has 0 saturated heterocycles. The highest BCUT2D eigenvalue weighted by Gasteiger charge is 2.08. The lowest BCUT2D eigenvalue weighted by Crippen LogP contribution is -1.84. The third kappa shape index (κ3) is 1.80. The van der Waals surface area contributed by atoms with Gasteiger partial charge in [0.2, 0.25) is 0 Å². The van der Waals surface area contributed by atoms with Crippen LogP contribution in [-0.2, 0) is 0 Å². The average Bonchev–Trinajstić information content (AvgIpc) is 2.65. The SMILES string of the molecule is CC.Cc1c(F)cc2[nH]ncc2c1Br. The van der Waals surface area contributed by atoms with E-state index in [1.54, 1.807) is 13.1 Å². The van der Waals surface area contributed by atoms with Crippen LogP contribution in [0.4, 0.5) is 4.39 Å². The lowest BCUT2D eigenvalue weighted by atomic mass is 10.2. The molecule has 1 aromatic heterocycles. The fraction of sp³-hybridized carbons (Fsp3) is 0.300. The van der Waals surface area contributed by atoms with Gasteiger partial charge in [-0.2, -0.15) is 5.10 Å². The molecule has 0 radical (unpaired) electrons. The van der Waals surface area contributed by atoms with Gasteiger partial charge < -0.3 is 0 Å². The Bertz CT molecular complexity index is 437. The molecule has 0 atom stereocenters. The molecule has 0 fully saturated rings. The molecule has 0 bridgehead atoms. The van der Waals surface area contributed by atoms with Crippen LogP contribution >= 0.6 is 15.9 Å². The highest BCUT2D eigenvalue weighted by Crippen LogP contribution is 2.27. The molecule has 76 valence electrons. The monoisotopic (exact) mass is 258 g/mol. The van der Waals surface area contributed by atoms with Gasteiger partial charge in [0, 0.05) is 9.86 Å². The normalized spacial score (nSPS) is 9.79. The number of aromatic amines is 1. The number of benzene rings is 1. The predicted molar refractivity (Wildman–Crippen MR) is 59.8 cm³/mol. The first-order valence-electron chi connectivity index (χ1n) is 4.48. The number of halogens is 2. The van der Waals surface area contributed by atoms with Gasteiger partial charge in [0.15, 0.2) is 0 Å². The standard InChI is InChI=1S/C8H6BrFN2.C2H6/c1-4-6(10)2-7-5(8(4)9)3-11-12-7;1-2/h2-3H,1H3,(H,11,12);1-2H3. The molecular weight excluding hydrogens is 247 g/mol. The van der Waals surface area contributed by atoms with E-state index in [1.807, 2.05) is 13.8 Å². The number of fused-ring (bicyclic) bond motifs is 1. The van der Waals surface area contributed by atoms with Crippen molar-refractivity contribution in [1.82, 2.24) is 10.2 Å². The summed E-state index contributed by atoms with van der Waals surface area (Å²) in [7, 11) is 0. The Labute approximate surface area is 90.6 Å². The fourth-order valence-electron chi connectivity index (χ4n) is 1.12. The number of hydrogen-bond donors (Lipinski definition) is 1. The largest absolute Gasteiger partial charge is 0.278 e. The summed E-state index contributed by atoms with van der Waals surface area (Å²) < 4.78 is 13.9. The van der Waals surface area contributed by atoms with Crippen LogP contribution in [0.25, 0.3) is 10.9 Å². The first-order valence-corrected chi connectivity index (χ1v) is 5.27. The van der Waals surface area contributed by atoms with Gasteiger partial charge in [-0.1, -0.05) is 13.8 Å². The Hall–Kier alpha value is -0.900. The van der Waals surface area contributed by atoms with E-state index >= 15 is 0 Å². The second-order valence-electron chi connectivity index (χ2n) is 2.63. The molecule has 0 unspecified atom stereocenters. The zero-order chi connectivity index (χ0) is 10.7. The molecule has 2 nitrogen and oxygen atoms in total. The smallest absolute Gasteiger partial charge is 0.129 e. The minimum Gasteiger partial charge on any atom is -0.278 e. The van der Waals surface area contributed by atoms with Gasteiger partial charge in [0.05, 0.1) is 11.7 Å². The van der Waals surface area contributed by atoms with Crippen LogP contribution < -0.4 is 0 Å². The van der Waals surface area contributed by atoms with E-state index in [2.05, 4.69) is 26.1 Å². The number of hydrogen-bond acceptors (Lipinski definition) is 1. The fourth-order valence-corrected chi connectivity index (χ4v) is 1.63. The molecule has 0 saturated carbocycles. The summed E-state index contributed by atoms with van der Waals surface area (Å²) >= 11 is 3.31. The number of aromatic nitrogens is 2. The van der Waals surface area contributed by atoms with E-state index in [4.69, 9.17) is 0 Å². The summed E-state index contributed by atoms with van der Waals surface area (Å²) in [6.45, 7) is 5.73. The summed E-state index contributed by atoms with van der Waals surface area (Å²) in [5.41, 5.74) is 1.33. The van der Waals surface area contributed by atoms with Gasteiger partial charge in [-0.25, -0.2) is 4.39 Å². The number of rotatable bonds is 0. The van der Waals surface area contributed by atoms with Gasteiger partial charge in [-0.15, -0.1) is 0 Å². The zero-order valence-corrected chi connectivity index (χ0v) is 9.94. The van der Waals surface area contributed by atoms with Crippen molar-refractivity contribution in [3.05, 3.63) is 28.1 Å². The van der Waals surface area contributed by atoms with Crippen LogP contribution in [-0.4, -0.2) is 10.2 Å². The topological polar surface area (TPSA) is 28.7 Å². The number of nitrogens with one attached hydrogen (secondary N) is 1. The summed E-state index contributed by atoms with van der Waals surface area (Å²) in [4.78, 5) is 0. The molecule has 0 amide bonds. The molecule has 4 heteroatoms. The predicted octanol–water partition coefficient (Wildman–Crippen LogP) is 3.80. The number of nitrogens with zero attached hydrogens (tertiary/aromatic N) is 1. The van der Waals surface area contributed by atoms with Crippen LogP contribution in [0.3, 0.4) is 0 Å². The molecule has 2 aromatic rings. The van der Waals surface area contributed by atoms with Crippen LogP contribution in [0.15, 0.2) is 16.7 Å². The van der Waals surface area contributed by atoms with Crippen molar-refractivity contribution in [2.24, 2.45) is 0 Å². The van der Waals surface area contributed by atoms with Crippen LogP contribution in [0.2, 0.25) is 0 Å². The lowest BCUT2D eigenvalue weighted by molar-refractivity contribution is 0.619. The van der Waals surface area contributed by atoms with E-state index in [1.165, 1.54) is 6.07 Å². The lowest BCUT2D eigenvalue weighted by Gasteiger charge is -1.99. The van der Waals surface area contributed by atoms with Crippen molar-refractivity contribution in [1.29, 1.82) is 0 Å². The molecule has 0 aliphatic rings. The highest BCUT2D eigenvalue weighted by atomic mass is 79.9. The summed E-state index contributed by atoms with van der Waals surface area (Å²) in [6.07, 6.45) is 1.67. The van der Waals surface area contributed by atoms with E-state index in [9.17, 15) is 4.39 Å². The van der Waals surface area contributed by atoms with Crippen molar-refractivity contribution in [2.75, 3.05) is 0 Å². The first-order chi connectivity index (χ1) is 6.70. The van der Waals surface area contributed by atoms with E-state index in [-0.39, 0.29) is 5.82 Å². The molecule has 0 aliphatic carbocycles. The Morgan fingerprint density at radius 3 is 2.71 bits per heavy atom. The van der Waals surface area contributed by atoms with E-state index in [0.717, 1.165) is 9.86 Å².